The maximum Gasteiger partial charge on any atom is 0.270 e. The molecular weight excluding hydrogens is 455 g/mol. The summed E-state index contributed by atoms with van der Waals surface area (Å²) in [5.74, 6) is 0.0338. The largest absolute Gasteiger partial charge is 0.457 e. The molecule has 0 bridgehead atoms. The van der Waals surface area contributed by atoms with Crippen LogP contribution >= 0.6 is 35.4 Å². The molecule has 0 aliphatic carbocycles. The van der Waals surface area contributed by atoms with Crippen LogP contribution in [0.1, 0.15) is 5.56 Å². The van der Waals surface area contributed by atoms with Crippen molar-refractivity contribution in [2.24, 2.45) is 0 Å². The van der Waals surface area contributed by atoms with Gasteiger partial charge in [-0.25, -0.2) is 0 Å². The Morgan fingerprint density at radius 3 is 2.39 bits per heavy atom. The SMILES string of the molecule is O=C1NC(=S)N(c2cccc(Cl)c2Cl)C(=O)/C1=C/c1cccc(Oc2ccccc2)c1. The van der Waals surface area contributed by atoms with Gasteiger partial charge in [0.2, 0.25) is 0 Å². The molecule has 1 aliphatic rings. The Morgan fingerprint density at radius 2 is 1.61 bits per heavy atom. The zero-order chi connectivity index (χ0) is 22.0. The summed E-state index contributed by atoms with van der Waals surface area (Å²) in [6, 6.07) is 21.2. The predicted molar refractivity (Wildman–Crippen MR) is 126 cm³/mol. The summed E-state index contributed by atoms with van der Waals surface area (Å²) in [6.07, 6.45) is 1.47. The molecule has 1 aliphatic heterocycles. The molecule has 8 heteroatoms. The number of halogens is 2. The maximum atomic E-state index is 13.2. The molecule has 3 aromatic carbocycles. The Hall–Kier alpha value is -3.19. The number of hydrogen-bond donors (Lipinski definition) is 1. The number of hydrogen-bond acceptors (Lipinski definition) is 4. The van der Waals surface area contributed by atoms with E-state index in [0.29, 0.717) is 17.1 Å². The van der Waals surface area contributed by atoms with Gasteiger partial charge < -0.3 is 4.74 Å². The number of carbonyl (C=O) groups is 2. The number of nitrogens with one attached hydrogen (secondary N) is 1. The average Bonchev–Trinajstić information content (AvgIpc) is 2.75. The third kappa shape index (κ3) is 4.46. The Morgan fingerprint density at radius 1 is 0.903 bits per heavy atom. The van der Waals surface area contributed by atoms with Gasteiger partial charge in [-0.2, -0.15) is 0 Å². The van der Waals surface area contributed by atoms with Crippen LogP contribution in [-0.4, -0.2) is 16.9 Å². The standard InChI is InChI=1S/C23H14Cl2N2O3S/c24-18-10-5-11-19(20(18)25)27-22(29)17(21(28)26-23(27)31)13-14-6-4-9-16(12-14)30-15-7-2-1-3-8-15/h1-13H,(H,26,28,31)/b17-13+. The normalized spacial score (nSPS) is 15.2. The summed E-state index contributed by atoms with van der Waals surface area (Å²) in [4.78, 5) is 26.8. The quantitative estimate of drug-likeness (QED) is 0.306. The molecule has 1 heterocycles. The number of rotatable bonds is 4. The van der Waals surface area contributed by atoms with E-state index >= 15 is 0 Å². The van der Waals surface area contributed by atoms with Crippen molar-refractivity contribution in [1.29, 1.82) is 0 Å². The fourth-order valence-electron chi connectivity index (χ4n) is 3.00. The molecule has 0 atom stereocenters. The summed E-state index contributed by atoms with van der Waals surface area (Å²) in [5.41, 5.74) is 0.801. The second-order valence-corrected chi connectivity index (χ2v) is 7.69. The lowest BCUT2D eigenvalue weighted by molar-refractivity contribution is -0.122. The van der Waals surface area contributed by atoms with E-state index in [-0.39, 0.29) is 26.4 Å². The smallest absolute Gasteiger partial charge is 0.270 e. The van der Waals surface area contributed by atoms with E-state index in [4.69, 9.17) is 40.2 Å². The van der Waals surface area contributed by atoms with Crippen molar-refractivity contribution >= 4 is 64.1 Å². The Kier molecular flexibility index (Phi) is 6.04. The molecular formula is C23H14Cl2N2O3S. The molecule has 154 valence electrons. The molecule has 0 aromatic heterocycles. The summed E-state index contributed by atoms with van der Waals surface area (Å²) in [6.45, 7) is 0. The summed E-state index contributed by atoms with van der Waals surface area (Å²) < 4.78 is 5.82. The van der Waals surface area contributed by atoms with Gasteiger partial charge in [-0.15, -0.1) is 0 Å². The number of nitrogens with zero attached hydrogens (tertiary/aromatic N) is 1. The minimum Gasteiger partial charge on any atom is -0.457 e. The Bertz CT molecular complexity index is 1230. The summed E-state index contributed by atoms with van der Waals surface area (Å²) in [5, 5.41) is 2.88. The Labute approximate surface area is 193 Å². The van der Waals surface area contributed by atoms with E-state index in [0.717, 1.165) is 4.90 Å². The monoisotopic (exact) mass is 468 g/mol. The van der Waals surface area contributed by atoms with Crippen LogP contribution in [0.2, 0.25) is 10.0 Å². The van der Waals surface area contributed by atoms with E-state index in [9.17, 15) is 9.59 Å². The van der Waals surface area contributed by atoms with Gasteiger partial charge >= 0.3 is 0 Å². The van der Waals surface area contributed by atoms with Gasteiger partial charge in [0, 0.05) is 0 Å². The molecule has 0 spiro atoms. The average molecular weight is 469 g/mol. The number of para-hydroxylation sites is 1. The van der Waals surface area contributed by atoms with Gasteiger partial charge in [-0.3, -0.25) is 19.8 Å². The fraction of sp³-hybridized carbons (Fsp3) is 0. The first-order valence-corrected chi connectivity index (χ1v) is 10.3. The fourth-order valence-corrected chi connectivity index (χ4v) is 3.65. The van der Waals surface area contributed by atoms with Crippen molar-refractivity contribution in [3.05, 3.63) is 94.0 Å². The molecule has 0 saturated carbocycles. The topological polar surface area (TPSA) is 58.6 Å². The molecule has 1 fully saturated rings. The van der Waals surface area contributed by atoms with Gasteiger partial charge in [-0.1, -0.05) is 59.6 Å². The minimum atomic E-state index is -0.604. The molecule has 31 heavy (non-hydrogen) atoms. The first kappa shape index (κ1) is 21.1. The van der Waals surface area contributed by atoms with Crippen molar-refractivity contribution < 1.29 is 14.3 Å². The van der Waals surface area contributed by atoms with E-state index < -0.39 is 11.8 Å². The molecule has 3 aromatic rings. The predicted octanol–water partition coefficient (Wildman–Crippen LogP) is 5.62. The van der Waals surface area contributed by atoms with Crippen LogP contribution in [-0.2, 0) is 9.59 Å². The molecule has 0 radical (unpaired) electrons. The van der Waals surface area contributed by atoms with Gasteiger partial charge in [0.25, 0.3) is 11.8 Å². The number of amides is 2. The van der Waals surface area contributed by atoms with E-state index in [2.05, 4.69) is 5.32 Å². The zero-order valence-corrected chi connectivity index (χ0v) is 18.2. The van der Waals surface area contributed by atoms with Crippen molar-refractivity contribution in [3.63, 3.8) is 0 Å². The number of carbonyl (C=O) groups excluding carboxylic acids is 2. The molecule has 4 rings (SSSR count). The first-order chi connectivity index (χ1) is 14.9. The van der Waals surface area contributed by atoms with Crippen LogP contribution in [0.3, 0.4) is 0 Å². The van der Waals surface area contributed by atoms with Crippen LogP contribution in [0.15, 0.2) is 78.4 Å². The van der Waals surface area contributed by atoms with Crippen molar-refractivity contribution in [1.82, 2.24) is 5.32 Å². The lowest BCUT2D eigenvalue weighted by Gasteiger charge is -2.29. The second kappa shape index (κ2) is 8.89. The third-order valence-electron chi connectivity index (χ3n) is 4.42. The summed E-state index contributed by atoms with van der Waals surface area (Å²) >= 11 is 17.5. The number of ether oxygens (including phenoxy) is 1. The highest BCUT2D eigenvalue weighted by Gasteiger charge is 2.35. The molecule has 2 amide bonds. The molecule has 5 nitrogen and oxygen atoms in total. The van der Waals surface area contributed by atoms with Crippen LogP contribution in [0.4, 0.5) is 5.69 Å². The molecule has 1 saturated heterocycles. The van der Waals surface area contributed by atoms with E-state index in [1.54, 1.807) is 42.5 Å². The molecule has 0 unspecified atom stereocenters. The lowest BCUT2D eigenvalue weighted by atomic mass is 10.1. The van der Waals surface area contributed by atoms with E-state index in [1.165, 1.54) is 6.08 Å². The van der Waals surface area contributed by atoms with Crippen LogP contribution in [0.5, 0.6) is 11.5 Å². The third-order valence-corrected chi connectivity index (χ3v) is 5.52. The van der Waals surface area contributed by atoms with Crippen LogP contribution in [0, 0.1) is 0 Å². The number of benzene rings is 3. The first-order valence-electron chi connectivity index (χ1n) is 9.12. The summed E-state index contributed by atoms with van der Waals surface area (Å²) in [7, 11) is 0. The van der Waals surface area contributed by atoms with Crippen LogP contribution in [0.25, 0.3) is 6.08 Å². The van der Waals surface area contributed by atoms with Crippen molar-refractivity contribution in [3.8, 4) is 11.5 Å². The van der Waals surface area contributed by atoms with Crippen LogP contribution < -0.4 is 15.0 Å². The van der Waals surface area contributed by atoms with Gasteiger partial charge in [0.1, 0.15) is 17.1 Å². The highest BCUT2D eigenvalue weighted by molar-refractivity contribution is 7.80. The highest BCUT2D eigenvalue weighted by atomic mass is 35.5. The van der Waals surface area contributed by atoms with E-state index in [1.807, 2.05) is 30.3 Å². The van der Waals surface area contributed by atoms with Crippen molar-refractivity contribution in [2.75, 3.05) is 4.90 Å². The minimum absolute atomic E-state index is 0.0718. The highest BCUT2D eigenvalue weighted by Crippen LogP contribution is 2.34. The maximum absolute atomic E-state index is 13.2. The van der Waals surface area contributed by atoms with Crippen molar-refractivity contribution in [2.45, 2.75) is 0 Å². The van der Waals surface area contributed by atoms with Gasteiger partial charge in [0.05, 0.1) is 15.7 Å². The van der Waals surface area contributed by atoms with Gasteiger partial charge in [0.15, 0.2) is 5.11 Å². The Balaban J connectivity index is 1.67. The number of thiocarbonyl (C=S) groups is 1. The zero-order valence-electron chi connectivity index (χ0n) is 15.8. The molecule has 1 N–H and O–H groups in total. The second-order valence-electron chi connectivity index (χ2n) is 6.52. The number of anilines is 1. The lowest BCUT2D eigenvalue weighted by Crippen LogP contribution is -2.54. The van der Waals surface area contributed by atoms with Gasteiger partial charge in [-0.05, 0) is 60.3 Å².